The van der Waals surface area contributed by atoms with Crippen LogP contribution in [0.25, 0.3) is 0 Å². The summed E-state index contributed by atoms with van der Waals surface area (Å²) in [5.74, 6) is 0.879. The molecule has 0 bridgehead atoms. The van der Waals surface area contributed by atoms with Crippen LogP contribution in [0.3, 0.4) is 0 Å². The number of hydrogen-bond acceptors (Lipinski definition) is 4. The van der Waals surface area contributed by atoms with Crippen LogP contribution in [0.1, 0.15) is 18.4 Å². The van der Waals surface area contributed by atoms with E-state index in [1.54, 1.807) is 0 Å². The average Bonchev–Trinajstić information content (AvgIpc) is 2.30. The standard InChI is InChI=1S/C11H14N4/c1-9-6-13-11(14-7-9)15-4-2-3-10(5-12)8-15/h6-7,10H,2-4,8H2,1H3. The molecule has 2 heterocycles. The van der Waals surface area contributed by atoms with E-state index in [1.807, 2.05) is 19.3 Å². The maximum Gasteiger partial charge on any atom is 0.225 e. The van der Waals surface area contributed by atoms with Crippen LogP contribution in [-0.4, -0.2) is 23.1 Å². The second-order valence-corrected chi connectivity index (χ2v) is 3.97. The first kappa shape index (κ1) is 9.91. The first-order chi connectivity index (χ1) is 7.29. The van der Waals surface area contributed by atoms with Crippen LogP contribution in [0.2, 0.25) is 0 Å². The van der Waals surface area contributed by atoms with Gasteiger partial charge < -0.3 is 4.90 Å². The predicted molar refractivity (Wildman–Crippen MR) is 57.3 cm³/mol. The highest BCUT2D eigenvalue weighted by atomic mass is 15.2. The van der Waals surface area contributed by atoms with Gasteiger partial charge in [0.2, 0.25) is 5.95 Å². The van der Waals surface area contributed by atoms with Crippen molar-refractivity contribution in [3.05, 3.63) is 18.0 Å². The molecule has 1 aliphatic heterocycles. The summed E-state index contributed by atoms with van der Waals surface area (Å²) in [6, 6.07) is 2.32. The highest BCUT2D eigenvalue weighted by Gasteiger charge is 2.20. The summed E-state index contributed by atoms with van der Waals surface area (Å²) in [6.07, 6.45) is 5.69. The summed E-state index contributed by atoms with van der Waals surface area (Å²) in [4.78, 5) is 10.6. The van der Waals surface area contributed by atoms with Gasteiger partial charge in [0.15, 0.2) is 0 Å². The van der Waals surface area contributed by atoms with Crippen molar-refractivity contribution in [3.8, 4) is 6.07 Å². The van der Waals surface area contributed by atoms with E-state index in [2.05, 4.69) is 20.9 Å². The van der Waals surface area contributed by atoms with E-state index >= 15 is 0 Å². The molecule has 0 spiro atoms. The molecule has 15 heavy (non-hydrogen) atoms. The quantitative estimate of drug-likeness (QED) is 0.693. The lowest BCUT2D eigenvalue weighted by Gasteiger charge is -2.29. The Balaban J connectivity index is 2.10. The monoisotopic (exact) mass is 202 g/mol. The third kappa shape index (κ3) is 2.24. The third-order valence-electron chi connectivity index (χ3n) is 2.65. The summed E-state index contributed by atoms with van der Waals surface area (Å²) in [7, 11) is 0. The molecule has 1 unspecified atom stereocenters. The SMILES string of the molecule is Cc1cnc(N2CCCC(C#N)C2)nc1. The predicted octanol–water partition coefficient (Wildman–Crippen LogP) is 1.52. The second kappa shape index (κ2) is 4.26. The fourth-order valence-corrected chi connectivity index (χ4v) is 1.81. The highest BCUT2D eigenvalue weighted by Crippen LogP contribution is 2.19. The molecule has 0 radical (unpaired) electrons. The van der Waals surface area contributed by atoms with Gasteiger partial charge >= 0.3 is 0 Å². The Kier molecular flexibility index (Phi) is 2.82. The lowest BCUT2D eigenvalue weighted by atomic mass is 10.0. The lowest BCUT2D eigenvalue weighted by Crippen LogP contribution is -2.35. The molecule has 0 aromatic carbocycles. The molecule has 1 saturated heterocycles. The molecule has 4 heteroatoms. The van der Waals surface area contributed by atoms with Crippen LogP contribution < -0.4 is 4.90 Å². The molecule has 1 aromatic rings. The number of nitrogens with zero attached hydrogens (tertiary/aromatic N) is 4. The summed E-state index contributed by atoms with van der Waals surface area (Å²) in [6.45, 7) is 3.69. The van der Waals surface area contributed by atoms with Crippen molar-refractivity contribution < 1.29 is 0 Å². The van der Waals surface area contributed by atoms with Gasteiger partial charge in [-0.1, -0.05) is 0 Å². The molecule has 78 valence electrons. The molecule has 2 rings (SSSR count). The fourth-order valence-electron chi connectivity index (χ4n) is 1.81. The fraction of sp³-hybridized carbons (Fsp3) is 0.545. The van der Waals surface area contributed by atoms with Crippen molar-refractivity contribution in [3.63, 3.8) is 0 Å². The molecule has 1 aromatic heterocycles. The van der Waals surface area contributed by atoms with E-state index in [4.69, 9.17) is 5.26 Å². The van der Waals surface area contributed by atoms with E-state index < -0.39 is 0 Å². The zero-order chi connectivity index (χ0) is 10.7. The largest absolute Gasteiger partial charge is 0.340 e. The van der Waals surface area contributed by atoms with Gasteiger partial charge in [-0.15, -0.1) is 0 Å². The Hall–Kier alpha value is -1.63. The van der Waals surface area contributed by atoms with Crippen LogP contribution in [0, 0.1) is 24.2 Å². The zero-order valence-electron chi connectivity index (χ0n) is 8.85. The lowest BCUT2D eigenvalue weighted by molar-refractivity contribution is 0.487. The number of anilines is 1. The van der Waals surface area contributed by atoms with Crippen LogP contribution in [0.15, 0.2) is 12.4 Å². The van der Waals surface area contributed by atoms with Crippen LogP contribution in [0.4, 0.5) is 5.95 Å². The molecule has 0 N–H and O–H groups in total. The van der Waals surface area contributed by atoms with Crippen molar-refractivity contribution in [1.29, 1.82) is 5.26 Å². The molecule has 1 atom stereocenters. The van der Waals surface area contributed by atoms with Crippen molar-refractivity contribution in [2.45, 2.75) is 19.8 Å². The summed E-state index contributed by atoms with van der Waals surface area (Å²) in [5.41, 5.74) is 1.06. The minimum absolute atomic E-state index is 0.128. The third-order valence-corrected chi connectivity index (χ3v) is 2.65. The second-order valence-electron chi connectivity index (χ2n) is 3.97. The molecule has 4 nitrogen and oxygen atoms in total. The molecule has 0 aliphatic carbocycles. The van der Waals surface area contributed by atoms with E-state index in [9.17, 15) is 0 Å². The molecule has 0 amide bonds. The summed E-state index contributed by atoms with van der Waals surface area (Å²) < 4.78 is 0. The summed E-state index contributed by atoms with van der Waals surface area (Å²) >= 11 is 0. The van der Waals surface area contributed by atoms with Crippen LogP contribution >= 0.6 is 0 Å². The van der Waals surface area contributed by atoms with Gasteiger partial charge in [0.05, 0.1) is 12.0 Å². The van der Waals surface area contributed by atoms with Crippen molar-refractivity contribution >= 4 is 5.95 Å². The number of piperidine rings is 1. The Morgan fingerprint density at radius 2 is 2.20 bits per heavy atom. The Labute approximate surface area is 89.6 Å². The normalized spacial score (nSPS) is 21.1. The average molecular weight is 202 g/mol. The summed E-state index contributed by atoms with van der Waals surface area (Å²) in [5, 5.41) is 8.88. The maximum atomic E-state index is 8.88. The molecule has 1 fully saturated rings. The van der Waals surface area contributed by atoms with Crippen molar-refractivity contribution in [2.75, 3.05) is 18.0 Å². The number of rotatable bonds is 1. The van der Waals surface area contributed by atoms with E-state index in [0.29, 0.717) is 0 Å². The first-order valence-electron chi connectivity index (χ1n) is 5.23. The molecular weight excluding hydrogens is 188 g/mol. The number of aromatic nitrogens is 2. The molecular formula is C11H14N4. The van der Waals surface area contributed by atoms with Gasteiger partial charge in [0.25, 0.3) is 0 Å². The number of aryl methyl sites for hydroxylation is 1. The van der Waals surface area contributed by atoms with E-state index in [1.165, 1.54) is 0 Å². The highest BCUT2D eigenvalue weighted by molar-refractivity contribution is 5.31. The Bertz CT molecular complexity index is 365. The Morgan fingerprint density at radius 3 is 2.87 bits per heavy atom. The van der Waals surface area contributed by atoms with Gasteiger partial charge in [0, 0.05) is 25.5 Å². The Morgan fingerprint density at radius 1 is 1.47 bits per heavy atom. The van der Waals surface area contributed by atoms with Gasteiger partial charge in [-0.2, -0.15) is 5.26 Å². The van der Waals surface area contributed by atoms with Crippen molar-refractivity contribution in [1.82, 2.24) is 9.97 Å². The maximum absolute atomic E-state index is 8.88. The van der Waals surface area contributed by atoms with Gasteiger partial charge in [-0.25, -0.2) is 9.97 Å². The smallest absolute Gasteiger partial charge is 0.225 e. The number of hydrogen-bond donors (Lipinski definition) is 0. The minimum atomic E-state index is 0.128. The topological polar surface area (TPSA) is 52.8 Å². The van der Waals surface area contributed by atoms with Gasteiger partial charge in [-0.3, -0.25) is 0 Å². The molecule has 0 saturated carbocycles. The van der Waals surface area contributed by atoms with E-state index in [-0.39, 0.29) is 5.92 Å². The van der Waals surface area contributed by atoms with Crippen LogP contribution in [-0.2, 0) is 0 Å². The van der Waals surface area contributed by atoms with E-state index in [0.717, 1.165) is 37.4 Å². The minimum Gasteiger partial charge on any atom is -0.340 e. The number of nitriles is 1. The van der Waals surface area contributed by atoms with Crippen LogP contribution in [0.5, 0.6) is 0 Å². The van der Waals surface area contributed by atoms with Crippen molar-refractivity contribution in [2.24, 2.45) is 5.92 Å². The first-order valence-corrected chi connectivity index (χ1v) is 5.23. The zero-order valence-corrected chi connectivity index (χ0v) is 8.85. The van der Waals surface area contributed by atoms with Gasteiger partial charge in [-0.05, 0) is 25.3 Å². The van der Waals surface area contributed by atoms with Gasteiger partial charge in [0.1, 0.15) is 0 Å². The molecule has 1 aliphatic rings.